The number of aromatic nitrogens is 2. The van der Waals surface area contributed by atoms with E-state index in [4.69, 9.17) is 4.42 Å². The lowest BCUT2D eigenvalue weighted by atomic mass is 10.3. The summed E-state index contributed by atoms with van der Waals surface area (Å²) in [6, 6.07) is 3.67. The second kappa shape index (κ2) is 4.70. The van der Waals surface area contributed by atoms with Crippen LogP contribution in [0.15, 0.2) is 35.2 Å². The first-order chi connectivity index (χ1) is 7.40. The molecule has 0 amide bonds. The van der Waals surface area contributed by atoms with Crippen LogP contribution in [-0.4, -0.2) is 16.5 Å². The Morgan fingerprint density at radius 3 is 2.73 bits per heavy atom. The van der Waals surface area contributed by atoms with Gasteiger partial charge in [0.25, 0.3) is 0 Å². The van der Waals surface area contributed by atoms with E-state index in [9.17, 15) is 0 Å². The zero-order valence-electron chi connectivity index (χ0n) is 8.60. The molecule has 0 fully saturated rings. The van der Waals surface area contributed by atoms with E-state index >= 15 is 0 Å². The van der Waals surface area contributed by atoms with Crippen LogP contribution in [0.2, 0.25) is 0 Å². The van der Waals surface area contributed by atoms with E-state index in [1.807, 2.05) is 24.5 Å². The summed E-state index contributed by atoms with van der Waals surface area (Å²) in [6.45, 7) is 3.81. The second-order valence-corrected chi connectivity index (χ2v) is 3.17. The molecule has 2 aromatic heterocycles. The molecule has 2 rings (SSSR count). The zero-order valence-corrected chi connectivity index (χ0v) is 8.60. The Kier molecular flexibility index (Phi) is 3.09. The van der Waals surface area contributed by atoms with Crippen LogP contribution in [0.4, 0.5) is 0 Å². The molecule has 0 atom stereocenters. The average Bonchev–Trinajstić information content (AvgIpc) is 2.80. The molecule has 0 aliphatic carbocycles. The molecule has 0 aromatic carbocycles. The van der Waals surface area contributed by atoms with Gasteiger partial charge in [-0.2, -0.15) is 0 Å². The van der Waals surface area contributed by atoms with Crippen LogP contribution in [0.3, 0.4) is 0 Å². The first-order valence-electron chi connectivity index (χ1n) is 4.95. The van der Waals surface area contributed by atoms with Gasteiger partial charge in [-0.25, -0.2) is 9.97 Å². The van der Waals surface area contributed by atoms with Gasteiger partial charge in [-0.05, 0) is 18.7 Å². The van der Waals surface area contributed by atoms with E-state index in [-0.39, 0.29) is 0 Å². The SMILES string of the molecule is CCNCc1cnc(-c2ccco2)nc1. The first kappa shape index (κ1) is 9.86. The van der Waals surface area contributed by atoms with Crippen molar-refractivity contribution >= 4 is 0 Å². The van der Waals surface area contributed by atoms with E-state index < -0.39 is 0 Å². The lowest BCUT2D eigenvalue weighted by Crippen LogP contribution is -2.12. The van der Waals surface area contributed by atoms with Crippen molar-refractivity contribution in [2.75, 3.05) is 6.54 Å². The summed E-state index contributed by atoms with van der Waals surface area (Å²) in [5.41, 5.74) is 1.08. The van der Waals surface area contributed by atoms with Crippen molar-refractivity contribution in [3.8, 4) is 11.6 Å². The summed E-state index contributed by atoms with van der Waals surface area (Å²) in [5, 5.41) is 3.22. The quantitative estimate of drug-likeness (QED) is 0.823. The molecule has 0 aliphatic heterocycles. The second-order valence-electron chi connectivity index (χ2n) is 3.17. The Bertz CT molecular complexity index is 394. The number of hydrogen-bond acceptors (Lipinski definition) is 4. The highest BCUT2D eigenvalue weighted by atomic mass is 16.3. The van der Waals surface area contributed by atoms with E-state index in [2.05, 4.69) is 22.2 Å². The van der Waals surface area contributed by atoms with Crippen LogP contribution in [0.5, 0.6) is 0 Å². The van der Waals surface area contributed by atoms with Gasteiger partial charge in [0, 0.05) is 24.5 Å². The maximum Gasteiger partial charge on any atom is 0.195 e. The van der Waals surface area contributed by atoms with Crippen molar-refractivity contribution in [2.24, 2.45) is 0 Å². The van der Waals surface area contributed by atoms with E-state index in [1.165, 1.54) is 0 Å². The predicted octanol–water partition coefficient (Wildman–Crippen LogP) is 1.85. The summed E-state index contributed by atoms with van der Waals surface area (Å²) in [4.78, 5) is 8.46. The number of furan rings is 1. The summed E-state index contributed by atoms with van der Waals surface area (Å²) in [6.07, 6.45) is 5.24. The van der Waals surface area contributed by atoms with Gasteiger partial charge in [0.1, 0.15) is 0 Å². The Labute approximate surface area is 88.4 Å². The zero-order chi connectivity index (χ0) is 10.5. The summed E-state index contributed by atoms with van der Waals surface area (Å²) < 4.78 is 5.20. The van der Waals surface area contributed by atoms with Crippen molar-refractivity contribution < 1.29 is 4.42 Å². The molecule has 78 valence electrons. The van der Waals surface area contributed by atoms with Crippen LogP contribution in [0.25, 0.3) is 11.6 Å². The van der Waals surface area contributed by atoms with Gasteiger partial charge in [0.2, 0.25) is 0 Å². The fourth-order valence-corrected chi connectivity index (χ4v) is 1.25. The average molecular weight is 203 g/mol. The van der Waals surface area contributed by atoms with Crippen molar-refractivity contribution in [3.63, 3.8) is 0 Å². The number of nitrogens with one attached hydrogen (secondary N) is 1. The van der Waals surface area contributed by atoms with Gasteiger partial charge >= 0.3 is 0 Å². The van der Waals surface area contributed by atoms with Gasteiger partial charge in [0.05, 0.1) is 6.26 Å². The summed E-state index contributed by atoms with van der Waals surface area (Å²) in [5.74, 6) is 1.32. The Balaban J connectivity index is 2.11. The molecular formula is C11H13N3O. The van der Waals surface area contributed by atoms with Crippen molar-refractivity contribution in [2.45, 2.75) is 13.5 Å². The number of nitrogens with zero attached hydrogens (tertiary/aromatic N) is 2. The standard InChI is InChI=1S/C11H13N3O/c1-2-12-6-9-7-13-11(14-8-9)10-4-3-5-15-10/h3-5,7-8,12H,2,6H2,1H3. The molecule has 1 N–H and O–H groups in total. The Morgan fingerprint density at radius 1 is 1.33 bits per heavy atom. The molecule has 0 bridgehead atoms. The minimum Gasteiger partial charge on any atom is -0.461 e. The molecule has 0 saturated heterocycles. The predicted molar refractivity (Wildman–Crippen MR) is 57.1 cm³/mol. The largest absolute Gasteiger partial charge is 0.461 e. The fraction of sp³-hybridized carbons (Fsp3) is 0.273. The van der Waals surface area contributed by atoms with Crippen LogP contribution < -0.4 is 5.32 Å². The molecule has 2 aromatic rings. The molecule has 15 heavy (non-hydrogen) atoms. The molecule has 4 heteroatoms. The highest BCUT2D eigenvalue weighted by Gasteiger charge is 2.02. The van der Waals surface area contributed by atoms with Crippen molar-refractivity contribution in [1.82, 2.24) is 15.3 Å². The van der Waals surface area contributed by atoms with Gasteiger partial charge < -0.3 is 9.73 Å². The minimum absolute atomic E-state index is 0.625. The maximum atomic E-state index is 5.20. The van der Waals surface area contributed by atoms with E-state index in [1.54, 1.807) is 6.26 Å². The maximum absolute atomic E-state index is 5.20. The van der Waals surface area contributed by atoms with E-state index in [0.717, 1.165) is 18.7 Å². The number of hydrogen-bond donors (Lipinski definition) is 1. The Morgan fingerprint density at radius 2 is 2.13 bits per heavy atom. The summed E-state index contributed by atoms with van der Waals surface area (Å²) in [7, 11) is 0. The van der Waals surface area contributed by atoms with Crippen LogP contribution in [-0.2, 0) is 6.54 Å². The molecule has 0 unspecified atom stereocenters. The molecule has 0 saturated carbocycles. The van der Waals surface area contributed by atoms with Crippen molar-refractivity contribution in [3.05, 3.63) is 36.4 Å². The van der Waals surface area contributed by atoms with Gasteiger partial charge in [0.15, 0.2) is 11.6 Å². The molecule has 0 aliphatic rings. The normalized spacial score (nSPS) is 10.5. The highest BCUT2D eigenvalue weighted by molar-refractivity contribution is 5.45. The highest BCUT2D eigenvalue weighted by Crippen LogP contribution is 2.13. The molecule has 4 nitrogen and oxygen atoms in total. The van der Waals surface area contributed by atoms with Crippen LogP contribution in [0, 0.1) is 0 Å². The third kappa shape index (κ3) is 2.41. The lowest BCUT2D eigenvalue weighted by Gasteiger charge is -2.01. The Hall–Kier alpha value is -1.68. The molecule has 0 spiro atoms. The van der Waals surface area contributed by atoms with Gasteiger partial charge in [-0.15, -0.1) is 0 Å². The summed E-state index contributed by atoms with van der Waals surface area (Å²) >= 11 is 0. The van der Waals surface area contributed by atoms with Gasteiger partial charge in [-0.3, -0.25) is 0 Å². The van der Waals surface area contributed by atoms with Crippen molar-refractivity contribution in [1.29, 1.82) is 0 Å². The third-order valence-electron chi connectivity index (χ3n) is 2.03. The van der Waals surface area contributed by atoms with Crippen LogP contribution in [0.1, 0.15) is 12.5 Å². The molecule has 2 heterocycles. The topological polar surface area (TPSA) is 51.0 Å². The molecule has 0 radical (unpaired) electrons. The number of rotatable bonds is 4. The first-order valence-corrected chi connectivity index (χ1v) is 4.95. The fourth-order valence-electron chi connectivity index (χ4n) is 1.25. The smallest absolute Gasteiger partial charge is 0.195 e. The third-order valence-corrected chi connectivity index (χ3v) is 2.03. The molecular weight excluding hydrogens is 190 g/mol. The minimum atomic E-state index is 0.625. The van der Waals surface area contributed by atoms with Gasteiger partial charge in [-0.1, -0.05) is 6.92 Å². The van der Waals surface area contributed by atoms with Crippen LogP contribution >= 0.6 is 0 Å². The monoisotopic (exact) mass is 203 g/mol. The lowest BCUT2D eigenvalue weighted by molar-refractivity contribution is 0.577. The van der Waals surface area contributed by atoms with E-state index in [0.29, 0.717) is 11.6 Å².